The van der Waals surface area contributed by atoms with E-state index in [1.807, 2.05) is 20.8 Å². The highest BCUT2D eigenvalue weighted by atomic mass is 32.1. The van der Waals surface area contributed by atoms with Crippen molar-refractivity contribution in [1.82, 2.24) is 4.98 Å². The van der Waals surface area contributed by atoms with Gasteiger partial charge >= 0.3 is 0 Å². The Hall–Kier alpha value is -0.450. The average Bonchev–Trinajstić information content (AvgIpc) is 2.51. The van der Waals surface area contributed by atoms with Crippen LogP contribution in [-0.2, 0) is 5.60 Å². The molecule has 0 radical (unpaired) electrons. The zero-order valence-electron chi connectivity index (χ0n) is 8.74. The Morgan fingerprint density at radius 3 is 2.64 bits per heavy atom. The first-order valence-electron chi connectivity index (χ1n) is 4.78. The Morgan fingerprint density at radius 2 is 2.29 bits per heavy atom. The second-order valence-electron chi connectivity index (χ2n) is 4.66. The van der Waals surface area contributed by atoms with E-state index >= 15 is 0 Å². The van der Waals surface area contributed by atoms with Crippen LogP contribution in [0.3, 0.4) is 0 Å². The summed E-state index contributed by atoms with van der Waals surface area (Å²) in [5, 5.41) is 10.5. The molecule has 1 aliphatic carbocycles. The molecule has 1 aromatic heterocycles. The maximum absolute atomic E-state index is 10.5. The average molecular weight is 212 g/mol. The van der Waals surface area contributed by atoms with Crippen LogP contribution in [-0.4, -0.2) is 16.1 Å². The quantitative estimate of drug-likeness (QED) is 0.739. The van der Waals surface area contributed by atoms with E-state index in [9.17, 15) is 5.11 Å². The van der Waals surface area contributed by atoms with Gasteiger partial charge in [-0.3, -0.25) is 0 Å². The molecule has 2 unspecified atom stereocenters. The van der Waals surface area contributed by atoms with Gasteiger partial charge in [-0.15, -0.1) is 11.3 Å². The normalized spacial score (nSPS) is 35.4. The fraction of sp³-hybridized carbons (Fsp3) is 0.700. The first-order chi connectivity index (χ1) is 6.39. The van der Waals surface area contributed by atoms with Gasteiger partial charge in [0.15, 0.2) is 0 Å². The van der Waals surface area contributed by atoms with Crippen LogP contribution in [0.2, 0.25) is 0 Å². The third kappa shape index (κ3) is 1.02. The van der Waals surface area contributed by atoms with Gasteiger partial charge in [0, 0.05) is 11.5 Å². The lowest BCUT2D eigenvalue weighted by Crippen LogP contribution is -2.65. The standard InChI is InChI=1S/C10H16N2OS/c1-6-8(14-5-12-6)10(13)4-7(11)9(10,2)3/h5,7,13H,4,11H2,1-3H3. The molecule has 1 saturated carbocycles. The highest BCUT2D eigenvalue weighted by molar-refractivity contribution is 7.09. The molecule has 1 aliphatic rings. The highest BCUT2D eigenvalue weighted by Crippen LogP contribution is 2.56. The molecule has 14 heavy (non-hydrogen) atoms. The summed E-state index contributed by atoms with van der Waals surface area (Å²) < 4.78 is 0. The number of thiazole rings is 1. The van der Waals surface area contributed by atoms with E-state index in [1.165, 1.54) is 11.3 Å². The fourth-order valence-corrected chi connectivity index (χ4v) is 3.18. The number of hydrogen-bond donors (Lipinski definition) is 2. The van der Waals surface area contributed by atoms with E-state index in [0.717, 1.165) is 10.6 Å². The van der Waals surface area contributed by atoms with Gasteiger partial charge in [-0.25, -0.2) is 4.98 Å². The predicted octanol–water partition coefficient (Wildman–Crippen LogP) is 1.40. The fourth-order valence-electron chi connectivity index (χ4n) is 2.10. The van der Waals surface area contributed by atoms with Gasteiger partial charge in [-0.2, -0.15) is 0 Å². The monoisotopic (exact) mass is 212 g/mol. The molecular weight excluding hydrogens is 196 g/mol. The molecule has 0 aromatic carbocycles. The minimum atomic E-state index is -0.766. The number of aryl methyl sites for hydroxylation is 1. The van der Waals surface area contributed by atoms with Crippen molar-refractivity contribution in [2.45, 2.75) is 38.8 Å². The topological polar surface area (TPSA) is 59.1 Å². The number of nitrogens with zero attached hydrogens (tertiary/aromatic N) is 1. The van der Waals surface area contributed by atoms with E-state index in [1.54, 1.807) is 5.51 Å². The predicted molar refractivity (Wildman–Crippen MR) is 57.1 cm³/mol. The number of aromatic nitrogens is 1. The summed E-state index contributed by atoms with van der Waals surface area (Å²) in [5.41, 5.74) is 7.61. The summed E-state index contributed by atoms with van der Waals surface area (Å²) in [4.78, 5) is 5.15. The van der Waals surface area contributed by atoms with Crippen molar-refractivity contribution in [2.24, 2.45) is 11.1 Å². The minimum absolute atomic E-state index is 0.0778. The summed E-state index contributed by atoms with van der Waals surface area (Å²) in [6.07, 6.45) is 0.642. The van der Waals surface area contributed by atoms with E-state index in [0.29, 0.717) is 6.42 Å². The lowest BCUT2D eigenvalue weighted by molar-refractivity contribution is -0.169. The molecule has 0 bridgehead atoms. The smallest absolute Gasteiger partial charge is 0.109 e. The molecule has 1 aromatic rings. The summed E-state index contributed by atoms with van der Waals surface area (Å²) >= 11 is 1.52. The second-order valence-corrected chi connectivity index (χ2v) is 5.51. The van der Waals surface area contributed by atoms with Crippen LogP contribution in [0.5, 0.6) is 0 Å². The van der Waals surface area contributed by atoms with Crippen molar-refractivity contribution >= 4 is 11.3 Å². The first-order valence-corrected chi connectivity index (χ1v) is 5.66. The molecule has 4 heteroatoms. The minimum Gasteiger partial charge on any atom is -0.384 e. The SMILES string of the molecule is Cc1ncsc1C1(O)CC(N)C1(C)C. The number of hydrogen-bond acceptors (Lipinski definition) is 4. The molecule has 0 aliphatic heterocycles. The number of aliphatic hydroxyl groups is 1. The Kier molecular flexibility index (Phi) is 2.00. The third-order valence-corrected chi connectivity index (χ3v) is 4.71. The van der Waals surface area contributed by atoms with Crippen LogP contribution in [0.4, 0.5) is 0 Å². The van der Waals surface area contributed by atoms with Gasteiger partial charge in [0.2, 0.25) is 0 Å². The first kappa shape index (κ1) is 10.1. The van der Waals surface area contributed by atoms with Crippen LogP contribution in [0.1, 0.15) is 30.8 Å². The Morgan fingerprint density at radius 1 is 1.64 bits per heavy atom. The second kappa shape index (κ2) is 2.78. The largest absolute Gasteiger partial charge is 0.384 e. The van der Waals surface area contributed by atoms with Crippen LogP contribution < -0.4 is 5.73 Å². The summed E-state index contributed by atoms with van der Waals surface area (Å²) in [5.74, 6) is 0. The maximum atomic E-state index is 10.5. The summed E-state index contributed by atoms with van der Waals surface area (Å²) in [6.45, 7) is 5.96. The highest BCUT2D eigenvalue weighted by Gasteiger charge is 2.59. The van der Waals surface area contributed by atoms with Crippen molar-refractivity contribution in [3.63, 3.8) is 0 Å². The van der Waals surface area contributed by atoms with Gasteiger partial charge < -0.3 is 10.8 Å². The van der Waals surface area contributed by atoms with Crippen molar-refractivity contribution in [3.05, 3.63) is 16.1 Å². The summed E-state index contributed by atoms with van der Waals surface area (Å²) in [7, 11) is 0. The zero-order chi connectivity index (χ0) is 10.6. The third-order valence-electron chi connectivity index (χ3n) is 3.63. The van der Waals surface area contributed by atoms with Gasteiger partial charge in [0.1, 0.15) is 5.60 Å². The molecule has 0 saturated heterocycles. The van der Waals surface area contributed by atoms with E-state index in [4.69, 9.17) is 5.73 Å². The van der Waals surface area contributed by atoms with E-state index < -0.39 is 5.60 Å². The van der Waals surface area contributed by atoms with Crippen molar-refractivity contribution in [2.75, 3.05) is 0 Å². The Labute approximate surface area is 88.0 Å². The van der Waals surface area contributed by atoms with Crippen LogP contribution in [0.15, 0.2) is 5.51 Å². The molecule has 1 fully saturated rings. The van der Waals surface area contributed by atoms with Gasteiger partial charge in [0.25, 0.3) is 0 Å². The van der Waals surface area contributed by atoms with Crippen molar-refractivity contribution < 1.29 is 5.11 Å². The molecule has 78 valence electrons. The Bertz CT molecular complexity index is 361. The molecule has 0 spiro atoms. The molecule has 2 rings (SSSR count). The van der Waals surface area contributed by atoms with Crippen LogP contribution in [0.25, 0.3) is 0 Å². The molecule has 3 N–H and O–H groups in total. The van der Waals surface area contributed by atoms with Crippen LogP contribution >= 0.6 is 11.3 Å². The van der Waals surface area contributed by atoms with Crippen molar-refractivity contribution in [3.8, 4) is 0 Å². The van der Waals surface area contributed by atoms with Gasteiger partial charge in [-0.1, -0.05) is 13.8 Å². The summed E-state index contributed by atoms with van der Waals surface area (Å²) in [6, 6.07) is 0.0778. The zero-order valence-corrected chi connectivity index (χ0v) is 9.56. The molecule has 2 atom stereocenters. The molecule has 0 amide bonds. The number of rotatable bonds is 1. The molecule has 3 nitrogen and oxygen atoms in total. The maximum Gasteiger partial charge on any atom is 0.109 e. The Balaban J connectivity index is 2.41. The number of nitrogens with two attached hydrogens (primary N) is 1. The lowest BCUT2D eigenvalue weighted by Gasteiger charge is -2.56. The lowest BCUT2D eigenvalue weighted by atomic mass is 9.55. The van der Waals surface area contributed by atoms with E-state index in [-0.39, 0.29) is 11.5 Å². The molecule has 1 heterocycles. The van der Waals surface area contributed by atoms with Gasteiger partial charge in [0.05, 0.1) is 16.1 Å². The van der Waals surface area contributed by atoms with Gasteiger partial charge in [-0.05, 0) is 13.3 Å². The van der Waals surface area contributed by atoms with E-state index in [2.05, 4.69) is 4.98 Å². The van der Waals surface area contributed by atoms with Crippen LogP contribution in [0, 0.1) is 12.3 Å². The molecular formula is C10H16N2OS. The van der Waals surface area contributed by atoms with Crippen molar-refractivity contribution in [1.29, 1.82) is 0 Å².